The van der Waals surface area contributed by atoms with E-state index in [4.69, 9.17) is 0 Å². The quantitative estimate of drug-likeness (QED) is 0.420. The zero-order valence-corrected chi connectivity index (χ0v) is 18.6. The molecule has 1 fully saturated rings. The summed E-state index contributed by atoms with van der Waals surface area (Å²) in [4.78, 5) is 15.6. The SMILES string of the molecule is O=[N+]([O-])c1cc(S(=O)(=O)N2CCCCCC2)ccc1NCCc1cccc2cccnc12. The number of sulfonamides is 1. The number of nitro benzene ring substituents is 1. The van der Waals surface area contributed by atoms with E-state index in [9.17, 15) is 18.5 Å². The van der Waals surface area contributed by atoms with Crippen molar-refractivity contribution in [2.75, 3.05) is 25.0 Å². The van der Waals surface area contributed by atoms with Crippen LogP contribution in [0.15, 0.2) is 59.6 Å². The Morgan fingerprint density at radius 1 is 1.03 bits per heavy atom. The molecule has 4 rings (SSSR count). The summed E-state index contributed by atoms with van der Waals surface area (Å²) < 4.78 is 27.5. The predicted molar refractivity (Wildman–Crippen MR) is 124 cm³/mol. The first-order valence-corrected chi connectivity index (χ1v) is 12.3. The third kappa shape index (κ3) is 4.73. The van der Waals surface area contributed by atoms with Gasteiger partial charge in [0.2, 0.25) is 10.0 Å². The van der Waals surface area contributed by atoms with E-state index in [1.807, 2.05) is 30.3 Å². The maximum Gasteiger partial charge on any atom is 0.293 e. The highest BCUT2D eigenvalue weighted by molar-refractivity contribution is 7.89. The topological polar surface area (TPSA) is 105 Å². The molecule has 0 aliphatic carbocycles. The first kappa shape index (κ1) is 22.2. The van der Waals surface area contributed by atoms with E-state index in [1.165, 1.54) is 22.5 Å². The van der Waals surface area contributed by atoms with E-state index in [-0.39, 0.29) is 10.6 Å². The third-order valence-corrected chi connectivity index (χ3v) is 7.69. The van der Waals surface area contributed by atoms with E-state index in [1.54, 1.807) is 6.20 Å². The first-order valence-electron chi connectivity index (χ1n) is 10.8. The van der Waals surface area contributed by atoms with Gasteiger partial charge in [0.15, 0.2) is 0 Å². The summed E-state index contributed by atoms with van der Waals surface area (Å²) in [5.41, 5.74) is 2.01. The van der Waals surface area contributed by atoms with Crippen LogP contribution in [0.1, 0.15) is 31.2 Å². The van der Waals surface area contributed by atoms with Crippen LogP contribution in [0.4, 0.5) is 11.4 Å². The van der Waals surface area contributed by atoms with Crippen molar-refractivity contribution in [3.63, 3.8) is 0 Å². The van der Waals surface area contributed by atoms with Crippen molar-refractivity contribution >= 4 is 32.3 Å². The number of hydrogen-bond acceptors (Lipinski definition) is 6. The van der Waals surface area contributed by atoms with Gasteiger partial charge in [0.05, 0.1) is 15.3 Å². The maximum atomic E-state index is 13.0. The summed E-state index contributed by atoms with van der Waals surface area (Å²) in [6.07, 6.45) is 5.99. The molecule has 0 radical (unpaired) electrons. The van der Waals surface area contributed by atoms with Gasteiger partial charge >= 0.3 is 0 Å². The summed E-state index contributed by atoms with van der Waals surface area (Å²) >= 11 is 0. The van der Waals surface area contributed by atoms with Gasteiger partial charge < -0.3 is 5.32 Å². The van der Waals surface area contributed by atoms with Crippen molar-refractivity contribution in [3.8, 4) is 0 Å². The molecule has 0 amide bonds. The Kier molecular flexibility index (Phi) is 6.66. The van der Waals surface area contributed by atoms with Gasteiger partial charge in [0.25, 0.3) is 5.69 Å². The molecule has 1 aliphatic rings. The average molecular weight is 455 g/mol. The minimum atomic E-state index is -3.75. The molecule has 1 N–H and O–H groups in total. The summed E-state index contributed by atoms with van der Waals surface area (Å²) in [5.74, 6) is 0. The fourth-order valence-corrected chi connectivity index (χ4v) is 5.64. The summed E-state index contributed by atoms with van der Waals surface area (Å²) in [5, 5.41) is 15.8. The molecular formula is C23H26N4O4S. The van der Waals surface area contributed by atoms with Crippen molar-refractivity contribution in [2.45, 2.75) is 37.0 Å². The predicted octanol–water partition coefficient (Wildman–Crippen LogP) is 4.36. The largest absolute Gasteiger partial charge is 0.379 e. The van der Waals surface area contributed by atoms with Crippen LogP contribution in [-0.4, -0.2) is 42.3 Å². The molecule has 0 spiro atoms. The fraction of sp³-hybridized carbons (Fsp3) is 0.348. The highest BCUT2D eigenvalue weighted by Gasteiger charge is 2.28. The minimum Gasteiger partial charge on any atom is -0.379 e. The van der Waals surface area contributed by atoms with Crippen molar-refractivity contribution in [1.29, 1.82) is 0 Å². The Labute approximate surface area is 187 Å². The van der Waals surface area contributed by atoms with Gasteiger partial charge in [-0.1, -0.05) is 37.1 Å². The summed E-state index contributed by atoms with van der Waals surface area (Å²) in [7, 11) is -3.75. The molecule has 2 aromatic carbocycles. The van der Waals surface area contributed by atoms with Crippen molar-refractivity contribution in [2.24, 2.45) is 0 Å². The van der Waals surface area contributed by atoms with Crippen LogP contribution < -0.4 is 5.32 Å². The zero-order valence-electron chi connectivity index (χ0n) is 17.7. The molecule has 168 valence electrons. The van der Waals surface area contributed by atoms with Crippen LogP contribution in [0, 0.1) is 10.1 Å². The molecule has 1 aromatic heterocycles. The molecule has 1 saturated heterocycles. The van der Waals surface area contributed by atoms with E-state index in [0.29, 0.717) is 31.7 Å². The highest BCUT2D eigenvalue weighted by Crippen LogP contribution is 2.30. The number of fused-ring (bicyclic) bond motifs is 1. The Morgan fingerprint density at radius 2 is 1.78 bits per heavy atom. The number of nitro groups is 1. The molecule has 1 aliphatic heterocycles. The lowest BCUT2D eigenvalue weighted by atomic mass is 10.1. The molecule has 9 heteroatoms. The fourth-order valence-electron chi connectivity index (χ4n) is 4.10. The van der Waals surface area contributed by atoms with Crippen LogP contribution in [-0.2, 0) is 16.4 Å². The number of rotatable bonds is 7. The summed E-state index contributed by atoms with van der Waals surface area (Å²) in [6.45, 7) is 1.36. The zero-order chi connectivity index (χ0) is 22.6. The Hall–Kier alpha value is -3.04. The lowest BCUT2D eigenvalue weighted by molar-refractivity contribution is -0.384. The second-order valence-corrected chi connectivity index (χ2v) is 9.86. The van der Waals surface area contributed by atoms with Crippen LogP contribution in [0.3, 0.4) is 0 Å². The standard InChI is InChI=1S/C23H26N4O4S/c28-27(29)22-17-20(32(30,31)26-15-3-1-2-4-16-26)10-11-21(22)24-14-12-19-8-5-7-18-9-6-13-25-23(18)19/h5-11,13,17,24H,1-4,12,14-16H2. The normalized spacial score (nSPS) is 15.4. The number of hydrogen-bond donors (Lipinski definition) is 1. The van der Waals surface area contributed by atoms with Crippen LogP contribution in [0.25, 0.3) is 10.9 Å². The number of para-hydroxylation sites is 1. The molecular weight excluding hydrogens is 428 g/mol. The molecule has 32 heavy (non-hydrogen) atoms. The van der Waals surface area contributed by atoms with Crippen LogP contribution in [0.2, 0.25) is 0 Å². The number of nitrogens with one attached hydrogen (secondary N) is 1. The Balaban J connectivity index is 1.52. The number of benzene rings is 2. The Bertz CT molecular complexity index is 1220. The van der Waals surface area contributed by atoms with Gasteiger partial charge in [0, 0.05) is 37.3 Å². The molecule has 2 heterocycles. The van der Waals surface area contributed by atoms with Gasteiger partial charge in [-0.2, -0.15) is 4.31 Å². The minimum absolute atomic E-state index is 0.0325. The Morgan fingerprint density at radius 3 is 2.53 bits per heavy atom. The molecule has 8 nitrogen and oxygen atoms in total. The van der Waals surface area contributed by atoms with Gasteiger partial charge in [-0.3, -0.25) is 15.1 Å². The van der Waals surface area contributed by atoms with Crippen LogP contribution >= 0.6 is 0 Å². The highest BCUT2D eigenvalue weighted by atomic mass is 32.2. The van der Waals surface area contributed by atoms with E-state index in [0.717, 1.165) is 42.1 Å². The second kappa shape index (κ2) is 9.62. The summed E-state index contributed by atoms with van der Waals surface area (Å²) in [6, 6.07) is 13.9. The molecule has 0 unspecified atom stereocenters. The van der Waals surface area contributed by atoms with Crippen molar-refractivity contribution < 1.29 is 13.3 Å². The van der Waals surface area contributed by atoms with E-state index >= 15 is 0 Å². The molecule has 0 atom stereocenters. The number of anilines is 1. The smallest absolute Gasteiger partial charge is 0.293 e. The maximum absolute atomic E-state index is 13.0. The van der Waals surface area contributed by atoms with Crippen molar-refractivity contribution in [1.82, 2.24) is 9.29 Å². The number of nitrogens with zero attached hydrogens (tertiary/aromatic N) is 3. The first-order chi connectivity index (χ1) is 15.5. The van der Waals surface area contributed by atoms with Crippen LogP contribution in [0.5, 0.6) is 0 Å². The average Bonchev–Trinajstić information content (AvgIpc) is 3.09. The number of pyridine rings is 1. The lowest BCUT2D eigenvalue weighted by Gasteiger charge is -2.20. The molecule has 3 aromatic rings. The lowest BCUT2D eigenvalue weighted by Crippen LogP contribution is -2.32. The van der Waals surface area contributed by atoms with Gasteiger partial charge in [0.1, 0.15) is 5.69 Å². The molecule has 0 bridgehead atoms. The monoisotopic (exact) mass is 454 g/mol. The van der Waals surface area contributed by atoms with Gasteiger partial charge in [-0.05, 0) is 43.0 Å². The second-order valence-electron chi connectivity index (χ2n) is 7.92. The number of aromatic nitrogens is 1. The van der Waals surface area contributed by atoms with Crippen molar-refractivity contribution in [3.05, 3.63) is 70.4 Å². The van der Waals surface area contributed by atoms with E-state index < -0.39 is 14.9 Å². The molecule has 0 saturated carbocycles. The van der Waals surface area contributed by atoms with Gasteiger partial charge in [-0.15, -0.1) is 0 Å². The van der Waals surface area contributed by atoms with E-state index in [2.05, 4.69) is 10.3 Å². The van der Waals surface area contributed by atoms with Gasteiger partial charge in [-0.25, -0.2) is 8.42 Å². The third-order valence-electron chi connectivity index (χ3n) is 5.79.